The number of aromatic nitrogens is 1. The normalized spacial score (nSPS) is 11.6. The molecule has 0 aliphatic rings. The Morgan fingerprint density at radius 3 is 2.44 bits per heavy atom. The summed E-state index contributed by atoms with van der Waals surface area (Å²) in [6.07, 6.45) is 1.59. The van der Waals surface area contributed by atoms with Crippen molar-refractivity contribution in [3.05, 3.63) is 69.7 Å². The van der Waals surface area contributed by atoms with Crippen LogP contribution in [0.15, 0.2) is 42.5 Å². The van der Waals surface area contributed by atoms with Crippen molar-refractivity contribution >= 4 is 17.1 Å². The molecule has 36 heavy (non-hydrogen) atoms. The molecule has 1 N–H and O–H groups in total. The van der Waals surface area contributed by atoms with Gasteiger partial charge in [0.25, 0.3) is 0 Å². The van der Waals surface area contributed by atoms with Gasteiger partial charge >= 0.3 is 6.18 Å². The van der Waals surface area contributed by atoms with Crippen LogP contribution in [0.5, 0.6) is 5.75 Å². The lowest BCUT2D eigenvalue weighted by atomic mass is 10.0. The van der Waals surface area contributed by atoms with E-state index in [9.17, 15) is 18.0 Å². The molecule has 0 fully saturated rings. The number of nitrogens with zero attached hydrogens (tertiary/aromatic N) is 1. The van der Waals surface area contributed by atoms with E-state index in [1.54, 1.807) is 18.2 Å². The summed E-state index contributed by atoms with van der Waals surface area (Å²) >= 11 is 1.45. The molecule has 0 saturated carbocycles. The number of hydrogen-bond acceptors (Lipinski definition) is 5. The first-order chi connectivity index (χ1) is 17.2. The predicted octanol–water partition coefficient (Wildman–Crippen LogP) is 7.45. The summed E-state index contributed by atoms with van der Waals surface area (Å²) in [6, 6.07) is 10.3. The lowest BCUT2D eigenvalue weighted by molar-refractivity contribution is -0.137. The van der Waals surface area contributed by atoms with Gasteiger partial charge in [-0.2, -0.15) is 13.2 Å². The van der Waals surface area contributed by atoms with E-state index in [1.807, 2.05) is 6.92 Å². The molecular formula is C28H32F3NO3S. The Balaban J connectivity index is 1.75. The molecule has 0 amide bonds. The molecule has 1 heterocycles. The number of thiazole rings is 1. The third kappa shape index (κ3) is 7.64. The zero-order valence-electron chi connectivity index (χ0n) is 20.7. The van der Waals surface area contributed by atoms with Crippen LogP contribution in [-0.2, 0) is 19.0 Å². The second kappa shape index (κ2) is 13.0. The van der Waals surface area contributed by atoms with Crippen LogP contribution in [0.25, 0.3) is 10.6 Å². The van der Waals surface area contributed by atoms with Gasteiger partial charge in [-0.15, -0.1) is 11.3 Å². The number of hydrogen-bond donors (Lipinski definition) is 1. The average Bonchev–Trinajstić information content (AvgIpc) is 3.27. The van der Waals surface area contributed by atoms with E-state index in [2.05, 4.69) is 6.92 Å². The van der Waals surface area contributed by atoms with E-state index >= 15 is 0 Å². The van der Waals surface area contributed by atoms with Gasteiger partial charge in [-0.25, -0.2) is 4.98 Å². The Morgan fingerprint density at radius 2 is 1.81 bits per heavy atom. The maximum Gasteiger partial charge on any atom is 0.416 e. The predicted molar refractivity (Wildman–Crippen MR) is 137 cm³/mol. The molecule has 4 nitrogen and oxygen atoms in total. The van der Waals surface area contributed by atoms with Crippen molar-refractivity contribution in [3.8, 4) is 16.3 Å². The zero-order valence-corrected chi connectivity index (χ0v) is 21.5. The number of unbranched alkanes of at least 4 members (excludes halogenated alkanes) is 3. The molecule has 0 radical (unpaired) electrons. The minimum absolute atomic E-state index is 0.00761. The highest BCUT2D eigenvalue weighted by Gasteiger charge is 2.30. The monoisotopic (exact) mass is 519 g/mol. The summed E-state index contributed by atoms with van der Waals surface area (Å²) in [6.45, 7) is 4.12. The topological polar surface area (TPSA) is 59.4 Å². The van der Waals surface area contributed by atoms with Crippen LogP contribution in [0, 0.1) is 6.92 Å². The minimum atomic E-state index is -4.38. The molecule has 194 valence electrons. The number of benzene rings is 2. The molecule has 3 aromatic rings. The summed E-state index contributed by atoms with van der Waals surface area (Å²) in [5, 5.41) is 9.61. The van der Waals surface area contributed by atoms with Crippen molar-refractivity contribution in [1.82, 2.24) is 4.98 Å². The molecule has 0 aliphatic heterocycles. The number of halogens is 3. The van der Waals surface area contributed by atoms with Crippen LogP contribution in [-0.4, -0.2) is 29.1 Å². The first-order valence-corrected chi connectivity index (χ1v) is 13.1. The Kier molecular flexibility index (Phi) is 10.1. The van der Waals surface area contributed by atoms with Crippen molar-refractivity contribution in [2.45, 2.75) is 65.0 Å². The summed E-state index contributed by atoms with van der Waals surface area (Å²) in [7, 11) is 0. The van der Waals surface area contributed by atoms with E-state index < -0.39 is 11.7 Å². The van der Waals surface area contributed by atoms with Crippen molar-refractivity contribution in [1.29, 1.82) is 0 Å². The molecule has 2 aromatic carbocycles. The number of aryl methyl sites for hydroxylation is 3. The number of aliphatic hydroxyl groups excluding tert-OH is 1. The van der Waals surface area contributed by atoms with Crippen molar-refractivity contribution in [3.63, 3.8) is 0 Å². The van der Waals surface area contributed by atoms with Crippen molar-refractivity contribution in [2.75, 3.05) is 13.2 Å². The molecule has 3 rings (SSSR count). The summed E-state index contributed by atoms with van der Waals surface area (Å²) in [4.78, 5) is 18.7. The van der Waals surface area contributed by atoms with E-state index in [1.165, 1.54) is 23.5 Å². The van der Waals surface area contributed by atoms with Gasteiger partial charge in [0.05, 0.1) is 17.9 Å². The first-order valence-electron chi connectivity index (χ1n) is 12.3. The maximum absolute atomic E-state index is 12.9. The van der Waals surface area contributed by atoms with Gasteiger partial charge in [-0.05, 0) is 62.1 Å². The van der Waals surface area contributed by atoms with Crippen LogP contribution >= 0.6 is 11.3 Å². The highest BCUT2D eigenvalue weighted by molar-refractivity contribution is 7.15. The lowest BCUT2D eigenvalue weighted by Gasteiger charge is -2.09. The van der Waals surface area contributed by atoms with Gasteiger partial charge in [-0.1, -0.05) is 38.3 Å². The molecule has 0 bridgehead atoms. The summed E-state index contributed by atoms with van der Waals surface area (Å²) in [5.41, 5.74) is 2.32. The maximum atomic E-state index is 12.9. The molecular weight excluding hydrogens is 487 g/mol. The third-order valence-electron chi connectivity index (χ3n) is 5.93. The molecule has 0 atom stereocenters. The van der Waals surface area contributed by atoms with Gasteiger partial charge in [0.2, 0.25) is 0 Å². The first kappa shape index (κ1) is 27.9. The van der Waals surface area contributed by atoms with Crippen molar-refractivity contribution < 1.29 is 27.8 Å². The summed E-state index contributed by atoms with van der Waals surface area (Å²) in [5.74, 6) is 0.645. The number of Topliss-reactive ketones (excluding diaryl/α,β-unsaturated/α-hetero) is 1. The highest BCUT2D eigenvalue weighted by Crippen LogP contribution is 2.34. The van der Waals surface area contributed by atoms with Gasteiger partial charge in [-0.3, -0.25) is 4.79 Å². The number of ether oxygens (including phenoxy) is 1. The number of alkyl halides is 3. The lowest BCUT2D eigenvalue weighted by Crippen LogP contribution is -2.05. The quantitative estimate of drug-likeness (QED) is 0.188. The van der Waals surface area contributed by atoms with Crippen LogP contribution in [0.1, 0.15) is 71.1 Å². The van der Waals surface area contributed by atoms with Crippen LogP contribution < -0.4 is 4.74 Å². The molecule has 0 saturated heterocycles. The fourth-order valence-electron chi connectivity index (χ4n) is 3.93. The number of rotatable bonds is 13. The smallest absolute Gasteiger partial charge is 0.416 e. The minimum Gasteiger partial charge on any atom is -0.491 e. The zero-order chi connectivity index (χ0) is 26.1. The average molecular weight is 520 g/mol. The van der Waals surface area contributed by atoms with Gasteiger partial charge in [0.1, 0.15) is 17.4 Å². The fraction of sp³-hybridized carbons (Fsp3) is 0.429. The molecule has 0 aliphatic carbocycles. The SMILES string of the molecule is CCCCCCc1nc(-c2ccc(C(F)(F)F)cc2)sc1CCC(=O)c1ccc(OCCO)c(C)c1. The van der Waals surface area contributed by atoms with Gasteiger partial charge < -0.3 is 9.84 Å². The molecule has 1 aromatic heterocycles. The Labute approximate surface area is 214 Å². The second-order valence-electron chi connectivity index (χ2n) is 8.75. The second-order valence-corrected chi connectivity index (χ2v) is 9.83. The summed E-state index contributed by atoms with van der Waals surface area (Å²) < 4.78 is 44.3. The third-order valence-corrected chi connectivity index (χ3v) is 7.14. The molecule has 8 heteroatoms. The van der Waals surface area contributed by atoms with Crippen LogP contribution in [0.2, 0.25) is 0 Å². The van der Waals surface area contributed by atoms with Crippen LogP contribution in [0.4, 0.5) is 13.2 Å². The standard InChI is InChI=1S/C28H32F3NO3S/c1-3-4-5-6-7-23-26(36-27(32-23)20-8-11-22(12-9-20)28(29,30)31)15-13-24(34)21-10-14-25(19(2)18-21)35-17-16-33/h8-12,14,18,33H,3-7,13,15-17H2,1-2H3. The van der Waals surface area contributed by atoms with Crippen molar-refractivity contribution in [2.24, 2.45) is 0 Å². The number of aliphatic hydroxyl groups is 1. The van der Waals surface area contributed by atoms with E-state index in [4.69, 9.17) is 14.8 Å². The molecule has 0 spiro atoms. The number of carbonyl (C=O) groups is 1. The Morgan fingerprint density at radius 1 is 1.06 bits per heavy atom. The Hall–Kier alpha value is -2.71. The van der Waals surface area contributed by atoms with Crippen LogP contribution in [0.3, 0.4) is 0 Å². The fourth-order valence-corrected chi connectivity index (χ4v) is 5.04. The van der Waals surface area contributed by atoms with Gasteiger partial charge in [0, 0.05) is 22.4 Å². The van der Waals surface area contributed by atoms with E-state index in [-0.39, 0.29) is 19.0 Å². The van der Waals surface area contributed by atoms with E-state index in [0.717, 1.165) is 60.4 Å². The number of carbonyl (C=O) groups excluding carboxylic acids is 1. The largest absolute Gasteiger partial charge is 0.491 e. The molecule has 0 unspecified atom stereocenters. The van der Waals surface area contributed by atoms with Gasteiger partial charge in [0.15, 0.2) is 5.78 Å². The number of ketones is 1. The Bertz CT molecular complexity index is 1140. The highest BCUT2D eigenvalue weighted by atomic mass is 32.1. The van der Waals surface area contributed by atoms with E-state index in [0.29, 0.717) is 34.7 Å².